The average Bonchev–Trinajstić information content (AvgIpc) is 2.54. The topological polar surface area (TPSA) is 0 Å². The lowest BCUT2D eigenvalue weighted by molar-refractivity contribution is 1.75. The van der Waals surface area contributed by atoms with E-state index >= 15 is 0 Å². The highest BCUT2D eigenvalue weighted by molar-refractivity contribution is 8.73. The molecule has 0 spiro atoms. The standard InChI is InChI=1S/C26H78P2Si12/c1-29(2,3)39(30(4,5)6,31(7,8)9)27-35(19,20)37(23,24)28(38(25,26)36(27,21)22)40(32(10,11)12,33(13,14)15)34(16,17)18/h1-26H3. The summed E-state index contributed by atoms with van der Waals surface area (Å²) in [6.07, 6.45) is -2.88. The summed E-state index contributed by atoms with van der Waals surface area (Å²) in [7, 11) is -13.8. The Bertz CT molecular complexity index is 771. The molecule has 1 saturated heterocycles. The van der Waals surface area contributed by atoms with Gasteiger partial charge >= 0.3 is 0 Å². The van der Waals surface area contributed by atoms with Gasteiger partial charge in [0.05, 0.1) is 41.6 Å². The molecule has 0 nitrogen and oxygen atoms in total. The smallest absolute Gasteiger partial charge is 0.0638 e. The molecule has 0 aromatic carbocycles. The summed E-state index contributed by atoms with van der Waals surface area (Å²) in [5.41, 5.74) is 0. The van der Waals surface area contributed by atoms with Gasteiger partial charge in [0.1, 0.15) is 0 Å². The molecule has 1 heterocycles. The minimum atomic E-state index is -1.45. The summed E-state index contributed by atoms with van der Waals surface area (Å²) in [4.78, 5) is 0. The maximum absolute atomic E-state index is 3.17. The summed E-state index contributed by atoms with van der Waals surface area (Å²) in [5.74, 6) is 0. The molecule has 40 heavy (non-hydrogen) atoms. The summed E-state index contributed by atoms with van der Waals surface area (Å²) in [5, 5.41) is 0. The molecule has 0 saturated carbocycles. The van der Waals surface area contributed by atoms with E-state index in [-0.39, 0.29) is 13.1 Å². The highest BCUT2D eigenvalue weighted by atomic mass is 32.0. The van der Waals surface area contributed by atoms with Gasteiger partial charge in [-0.2, -0.15) is 0 Å². The molecule has 0 radical (unpaired) electrons. The molecule has 0 aromatic rings. The second-order valence-electron chi connectivity index (χ2n) is 21.8. The van der Waals surface area contributed by atoms with Crippen LogP contribution in [0.1, 0.15) is 0 Å². The van der Waals surface area contributed by atoms with Crippen molar-refractivity contribution in [2.24, 2.45) is 0 Å². The van der Waals surface area contributed by atoms with Gasteiger partial charge in [-0.15, -0.1) is 13.1 Å². The van der Waals surface area contributed by atoms with Crippen molar-refractivity contribution in [3.8, 4) is 0 Å². The third-order valence-electron chi connectivity index (χ3n) is 12.4. The molecule has 240 valence electrons. The van der Waals surface area contributed by atoms with Gasteiger partial charge in [0.2, 0.25) is 0 Å². The minimum absolute atomic E-state index is 0.283. The lowest BCUT2D eigenvalue weighted by atomic mass is 11.8. The Kier molecular flexibility index (Phi) is 11.4. The van der Waals surface area contributed by atoms with Crippen LogP contribution in [0.25, 0.3) is 0 Å². The third kappa shape index (κ3) is 5.46. The van der Waals surface area contributed by atoms with Crippen LogP contribution in [-0.2, 0) is 0 Å². The van der Waals surface area contributed by atoms with E-state index in [4.69, 9.17) is 0 Å². The fourth-order valence-corrected chi connectivity index (χ4v) is 730. The van der Waals surface area contributed by atoms with Crippen LogP contribution in [0.15, 0.2) is 0 Å². The first-order chi connectivity index (χ1) is 16.7. The number of rotatable bonds is 8. The van der Waals surface area contributed by atoms with Gasteiger partial charge in [0, 0.05) is 45.5 Å². The predicted molar refractivity (Wildman–Crippen MR) is 235 cm³/mol. The van der Waals surface area contributed by atoms with Crippen LogP contribution < -0.4 is 0 Å². The molecule has 1 aliphatic heterocycles. The van der Waals surface area contributed by atoms with Gasteiger partial charge in [-0.05, 0) is 0 Å². The van der Waals surface area contributed by atoms with E-state index < -0.39 is 87.2 Å². The van der Waals surface area contributed by atoms with Gasteiger partial charge in [0.15, 0.2) is 0 Å². The zero-order valence-electron chi connectivity index (χ0n) is 32.9. The van der Waals surface area contributed by atoms with Crippen LogP contribution in [-0.4, -0.2) is 87.2 Å². The molecule has 0 unspecified atom stereocenters. The molecule has 1 rings (SSSR count). The highest BCUT2D eigenvalue weighted by Crippen LogP contribution is 2.84. The van der Waals surface area contributed by atoms with Gasteiger partial charge in [-0.3, -0.25) is 0 Å². The van der Waals surface area contributed by atoms with E-state index in [9.17, 15) is 0 Å². The molecule has 0 bridgehead atoms. The normalized spacial score (nSPS) is 26.6. The van der Waals surface area contributed by atoms with Crippen molar-refractivity contribution in [2.45, 2.75) is 170 Å². The number of hydrogen-bond acceptors (Lipinski definition) is 0. The Balaban J connectivity index is 4.73. The Morgan fingerprint density at radius 1 is 0.250 bits per heavy atom. The maximum Gasteiger partial charge on any atom is 0.0638 e. The lowest BCUT2D eigenvalue weighted by Gasteiger charge is -2.80. The first kappa shape index (κ1) is 41.5. The van der Waals surface area contributed by atoms with E-state index in [0.29, 0.717) is 0 Å². The third-order valence-corrected chi connectivity index (χ3v) is 365. The maximum atomic E-state index is 3.17. The lowest BCUT2D eigenvalue weighted by Crippen LogP contribution is -2.92. The van der Waals surface area contributed by atoms with Crippen LogP contribution in [0.2, 0.25) is 170 Å². The minimum Gasteiger partial charge on any atom is -0.150 e. The largest absolute Gasteiger partial charge is 0.150 e. The van der Waals surface area contributed by atoms with Crippen molar-refractivity contribution < 1.29 is 0 Å². The molecule has 0 aliphatic carbocycles. The number of hydrogen-bond donors (Lipinski definition) is 0. The van der Waals surface area contributed by atoms with Gasteiger partial charge in [-0.25, -0.2) is 0 Å². The van der Waals surface area contributed by atoms with Crippen molar-refractivity contribution in [1.29, 1.82) is 0 Å². The Hall–Kier alpha value is 3.46. The highest BCUT2D eigenvalue weighted by Gasteiger charge is 2.82. The zero-order valence-corrected chi connectivity index (χ0v) is 46.7. The van der Waals surface area contributed by atoms with Crippen LogP contribution in [0.3, 0.4) is 0 Å². The van der Waals surface area contributed by atoms with Crippen molar-refractivity contribution >= 4 is 100 Å². The van der Waals surface area contributed by atoms with E-state index in [1.165, 1.54) is 0 Å². The van der Waals surface area contributed by atoms with Crippen LogP contribution in [0.5, 0.6) is 0 Å². The van der Waals surface area contributed by atoms with Crippen LogP contribution >= 0.6 is 13.1 Å². The zero-order chi connectivity index (χ0) is 33.2. The monoisotopic (exact) mass is 788 g/mol. The Morgan fingerprint density at radius 2 is 0.350 bits per heavy atom. The van der Waals surface area contributed by atoms with E-state index in [1.807, 2.05) is 0 Å². The summed E-state index contributed by atoms with van der Waals surface area (Å²) in [6.45, 7) is 79.1. The fourth-order valence-electron chi connectivity index (χ4n) is 12.9. The van der Waals surface area contributed by atoms with Gasteiger partial charge in [0.25, 0.3) is 0 Å². The first-order valence-electron chi connectivity index (χ1n) is 16.3. The summed E-state index contributed by atoms with van der Waals surface area (Å²) >= 11 is 0. The first-order valence-corrected chi connectivity index (χ1v) is 69.1. The molecular weight excluding hydrogens is 711 g/mol. The van der Waals surface area contributed by atoms with Crippen molar-refractivity contribution in [3.63, 3.8) is 0 Å². The molecule has 0 N–H and O–H groups in total. The second-order valence-corrected chi connectivity index (χ2v) is 176. The fraction of sp³-hybridized carbons (Fsp3) is 1.00. The molecule has 14 heteroatoms. The van der Waals surface area contributed by atoms with Crippen molar-refractivity contribution in [3.05, 3.63) is 0 Å². The summed E-state index contributed by atoms with van der Waals surface area (Å²) < 4.78 is 0. The Morgan fingerprint density at radius 3 is 0.425 bits per heavy atom. The SMILES string of the molecule is C[Si](C)(C)[Si](P1[Si](C)(C)[Si](C)(C)P([Si]([Si](C)(C)C)([Si](C)(C)C)[Si](C)(C)C)[Si](C)(C)[Si]1(C)C)([Si](C)(C)C)[Si](C)(C)C. The van der Waals surface area contributed by atoms with Gasteiger partial charge in [-0.1, -0.05) is 170 Å². The van der Waals surface area contributed by atoms with Crippen LogP contribution in [0, 0.1) is 0 Å². The second kappa shape index (κ2) is 11.0. The summed E-state index contributed by atoms with van der Waals surface area (Å²) in [6, 6.07) is 0. The van der Waals surface area contributed by atoms with Crippen LogP contribution in [0.4, 0.5) is 0 Å². The molecular formula is C26H78P2Si12. The predicted octanol–water partition coefficient (Wildman–Crippen LogP) is 12.3. The van der Waals surface area contributed by atoms with Crippen molar-refractivity contribution in [2.75, 3.05) is 0 Å². The van der Waals surface area contributed by atoms with E-state index in [1.54, 1.807) is 0 Å². The van der Waals surface area contributed by atoms with E-state index in [0.717, 1.165) is 0 Å². The molecule has 0 aromatic heterocycles. The molecule has 1 fully saturated rings. The van der Waals surface area contributed by atoms with Gasteiger partial charge < -0.3 is 0 Å². The average molecular weight is 790 g/mol. The van der Waals surface area contributed by atoms with Crippen molar-refractivity contribution in [1.82, 2.24) is 0 Å². The molecule has 0 atom stereocenters. The molecule has 1 aliphatic rings. The Labute approximate surface area is 268 Å². The van der Waals surface area contributed by atoms with E-state index in [2.05, 4.69) is 170 Å². The quantitative estimate of drug-likeness (QED) is 0.170. The molecule has 0 amide bonds.